The molecule has 0 unspecified atom stereocenters. The maximum absolute atomic E-state index is 10.0. The van der Waals surface area contributed by atoms with Crippen LogP contribution in [0, 0.1) is 0 Å². The fourth-order valence-corrected chi connectivity index (χ4v) is 1.31. The minimum absolute atomic E-state index is 0.967. The summed E-state index contributed by atoms with van der Waals surface area (Å²) in [5, 5.41) is 25.6. The molecule has 3 N–H and O–H groups in total. The van der Waals surface area contributed by atoms with Crippen molar-refractivity contribution in [2.75, 3.05) is 19.0 Å². The summed E-state index contributed by atoms with van der Waals surface area (Å²) >= 11 is 0. The Labute approximate surface area is 63.8 Å². The highest BCUT2D eigenvalue weighted by Gasteiger charge is 2.27. The van der Waals surface area contributed by atoms with Crippen molar-refractivity contribution in [1.29, 1.82) is 0 Å². The van der Waals surface area contributed by atoms with Gasteiger partial charge in [-0.1, -0.05) is 0 Å². The molecular weight excluding hydrogens is 176 g/mol. The largest absolute Gasteiger partial charge is 0.748 e. The SMILES string of the molecule is O=S(=O)([O-])CC(O)(CO)CO. The van der Waals surface area contributed by atoms with Crippen LogP contribution in [0.2, 0.25) is 0 Å². The zero-order valence-electron chi connectivity index (χ0n) is 5.60. The normalized spacial score (nSPS) is 13.5. The van der Waals surface area contributed by atoms with Gasteiger partial charge in [0, 0.05) is 0 Å². The standard InChI is InChI=1S/C4H10O6S/c5-1-4(7,2-6)3-11(8,9)10/h5-7H,1-3H2,(H,8,9,10)/p-1. The Bertz CT molecular complexity index is 203. The topological polar surface area (TPSA) is 118 Å². The molecule has 0 rings (SSSR count). The van der Waals surface area contributed by atoms with Gasteiger partial charge in [0.25, 0.3) is 0 Å². The molecule has 0 radical (unpaired) electrons. The average molecular weight is 185 g/mol. The molecule has 11 heavy (non-hydrogen) atoms. The molecule has 0 saturated heterocycles. The van der Waals surface area contributed by atoms with E-state index in [-0.39, 0.29) is 0 Å². The Kier molecular flexibility index (Phi) is 3.39. The fraction of sp³-hybridized carbons (Fsp3) is 1.00. The molecule has 0 heterocycles. The Morgan fingerprint density at radius 3 is 1.73 bits per heavy atom. The van der Waals surface area contributed by atoms with Gasteiger partial charge in [-0.15, -0.1) is 0 Å². The highest BCUT2D eigenvalue weighted by atomic mass is 32.2. The van der Waals surface area contributed by atoms with Gasteiger partial charge in [-0.25, -0.2) is 8.42 Å². The van der Waals surface area contributed by atoms with E-state index in [1.807, 2.05) is 0 Å². The third-order valence-corrected chi connectivity index (χ3v) is 1.92. The molecule has 6 nitrogen and oxygen atoms in total. The summed E-state index contributed by atoms with van der Waals surface area (Å²) in [5.41, 5.74) is -2.22. The molecule has 0 aliphatic rings. The first-order valence-corrected chi connectivity index (χ1v) is 4.28. The summed E-state index contributed by atoms with van der Waals surface area (Å²) in [7, 11) is -4.63. The van der Waals surface area contributed by atoms with Gasteiger partial charge in [0.05, 0.1) is 29.1 Å². The Morgan fingerprint density at radius 2 is 1.64 bits per heavy atom. The summed E-state index contributed by atoms with van der Waals surface area (Å²) in [6.07, 6.45) is 0. The van der Waals surface area contributed by atoms with E-state index >= 15 is 0 Å². The first-order valence-electron chi connectivity index (χ1n) is 2.71. The Hall–Kier alpha value is -0.210. The van der Waals surface area contributed by atoms with Crippen molar-refractivity contribution in [2.45, 2.75) is 5.60 Å². The smallest absolute Gasteiger partial charge is 0.123 e. The minimum Gasteiger partial charge on any atom is -0.748 e. The molecule has 68 valence electrons. The van der Waals surface area contributed by atoms with E-state index in [1.54, 1.807) is 0 Å². The predicted octanol–water partition coefficient (Wildman–Crippen LogP) is -2.75. The van der Waals surface area contributed by atoms with Gasteiger partial charge in [0.2, 0.25) is 0 Å². The molecular formula is C4H9O6S-. The van der Waals surface area contributed by atoms with E-state index in [0.29, 0.717) is 0 Å². The van der Waals surface area contributed by atoms with Crippen molar-refractivity contribution >= 4 is 10.1 Å². The molecule has 0 aliphatic carbocycles. The van der Waals surface area contributed by atoms with Crippen LogP contribution in [-0.2, 0) is 10.1 Å². The Balaban J connectivity index is 4.32. The fourth-order valence-electron chi connectivity index (χ4n) is 0.470. The molecule has 0 atom stereocenters. The first kappa shape index (κ1) is 10.8. The monoisotopic (exact) mass is 185 g/mol. The quantitative estimate of drug-likeness (QED) is 0.408. The van der Waals surface area contributed by atoms with Crippen LogP contribution in [0.15, 0.2) is 0 Å². The second-order valence-electron chi connectivity index (χ2n) is 2.24. The molecule has 0 aromatic heterocycles. The van der Waals surface area contributed by atoms with Gasteiger partial charge >= 0.3 is 0 Å². The second-order valence-corrected chi connectivity index (χ2v) is 3.65. The maximum atomic E-state index is 10.0. The van der Waals surface area contributed by atoms with Crippen LogP contribution in [0.25, 0.3) is 0 Å². The van der Waals surface area contributed by atoms with Crippen LogP contribution < -0.4 is 0 Å². The molecule has 0 fully saturated rings. The summed E-state index contributed by atoms with van der Waals surface area (Å²) in [5.74, 6) is -1.19. The lowest BCUT2D eigenvalue weighted by molar-refractivity contribution is -0.0382. The number of hydrogen-bond donors (Lipinski definition) is 3. The molecule has 0 aliphatic heterocycles. The van der Waals surface area contributed by atoms with Crippen molar-refractivity contribution in [3.63, 3.8) is 0 Å². The van der Waals surface area contributed by atoms with Crippen LogP contribution in [0.4, 0.5) is 0 Å². The highest BCUT2D eigenvalue weighted by Crippen LogP contribution is 2.04. The molecule has 0 aromatic rings. The lowest BCUT2D eigenvalue weighted by Crippen LogP contribution is -2.44. The van der Waals surface area contributed by atoms with E-state index < -0.39 is 34.7 Å². The first-order chi connectivity index (χ1) is 4.83. The van der Waals surface area contributed by atoms with Crippen molar-refractivity contribution < 1.29 is 28.3 Å². The third-order valence-electron chi connectivity index (χ3n) is 1.03. The van der Waals surface area contributed by atoms with Crippen molar-refractivity contribution in [3.05, 3.63) is 0 Å². The molecule has 7 heteroatoms. The van der Waals surface area contributed by atoms with Gasteiger partial charge in [-0.2, -0.15) is 0 Å². The van der Waals surface area contributed by atoms with Crippen LogP contribution in [0.1, 0.15) is 0 Å². The summed E-state index contributed by atoms with van der Waals surface area (Å²) in [6.45, 7) is -1.93. The van der Waals surface area contributed by atoms with Crippen LogP contribution in [0.3, 0.4) is 0 Å². The van der Waals surface area contributed by atoms with Crippen LogP contribution >= 0.6 is 0 Å². The van der Waals surface area contributed by atoms with Crippen molar-refractivity contribution in [2.24, 2.45) is 0 Å². The van der Waals surface area contributed by atoms with Crippen molar-refractivity contribution in [3.8, 4) is 0 Å². The number of aliphatic hydroxyl groups is 3. The summed E-state index contributed by atoms with van der Waals surface area (Å²) < 4.78 is 30.1. The van der Waals surface area contributed by atoms with Crippen molar-refractivity contribution in [1.82, 2.24) is 0 Å². The zero-order valence-corrected chi connectivity index (χ0v) is 6.41. The third kappa shape index (κ3) is 4.27. The molecule has 0 spiro atoms. The number of hydrogen-bond acceptors (Lipinski definition) is 6. The second kappa shape index (κ2) is 3.46. The lowest BCUT2D eigenvalue weighted by atomic mass is 10.1. The molecule has 0 saturated carbocycles. The summed E-state index contributed by atoms with van der Waals surface area (Å²) in [6, 6.07) is 0. The maximum Gasteiger partial charge on any atom is 0.123 e. The van der Waals surface area contributed by atoms with Gasteiger partial charge in [0.1, 0.15) is 5.60 Å². The van der Waals surface area contributed by atoms with Crippen LogP contribution in [0.5, 0.6) is 0 Å². The number of rotatable bonds is 4. The zero-order chi connectivity index (χ0) is 9.12. The molecule has 0 aromatic carbocycles. The Morgan fingerprint density at radius 1 is 1.27 bits per heavy atom. The van der Waals surface area contributed by atoms with Crippen LogP contribution in [-0.4, -0.2) is 52.9 Å². The van der Waals surface area contributed by atoms with Gasteiger partial charge in [0.15, 0.2) is 0 Å². The van der Waals surface area contributed by atoms with Gasteiger partial charge in [-0.05, 0) is 0 Å². The van der Waals surface area contributed by atoms with E-state index in [1.165, 1.54) is 0 Å². The van der Waals surface area contributed by atoms with E-state index in [2.05, 4.69) is 0 Å². The summed E-state index contributed by atoms with van der Waals surface area (Å²) in [4.78, 5) is 0. The van der Waals surface area contributed by atoms with E-state index in [0.717, 1.165) is 0 Å². The number of aliphatic hydroxyl groups excluding tert-OH is 2. The molecule has 0 bridgehead atoms. The average Bonchev–Trinajstić information content (AvgIpc) is 1.84. The van der Waals surface area contributed by atoms with Gasteiger partial charge in [-0.3, -0.25) is 0 Å². The minimum atomic E-state index is -4.63. The molecule has 0 amide bonds. The van der Waals surface area contributed by atoms with E-state index in [9.17, 15) is 13.0 Å². The lowest BCUT2D eigenvalue weighted by Gasteiger charge is -2.24. The van der Waals surface area contributed by atoms with Gasteiger partial charge < -0.3 is 19.9 Å². The highest BCUT2D eigenvalue weighted by molar-refractivity contribution is 7.85. The van der Waals surface area contributed by atoms with E-state index in [4.69, 9.17) is 15.3 Å². The predicted molar refractivity (Wildman–Crippen MR) is 33.7 cm³/mol.